The van der Waals surface area contributed by atoms with Crippen molar-refractivity contribution in [3.63, 3.8) is 0 Å². The van der Waals surface area contributed by atoms with Gasteiger partial charge in [-0.3, -0.25) is 9.59 Å². The normalized spacial score (nSPS) is 12.5. The Morgan fingerprint density at radius 3 is 0.773 bits per heavy atom. The van der Waals surface area contributed by atoms with Gasteiger partial charge in [0, 0.05) is 12.8 Å². The summed E-state index contributed by atoms with van der Waals surface area (Å²) in [6.45, 7) is 4.97. The molecule has 6 heteroatoms. The number of carbonyl (C=O) groups is 2. The Labute approximate surface area is 552 Å². The van der Waals surface area contributed by atoms with E-state index in [1.165, 1.54) is 411 Å². The third-order valence-corrected chi connectivity index (χ3v) is 19.6. The Morgan fingerprint density at radius 2 is 0.523 bits per heavy atom. The van der Waals surface area contributed by atoms with Gasteiger partial charge in [0.2, 0.25) is 5.91 Å². The number of unbranched alkanes of at least 4 members (excludes halogenated alkanes) is 67. The zero-order valence-corrected chi connectivity index (χ0v) is 60.3. The predicted octanol–water partition coefficient (Wildman–Crippen LogP) is 27.1. The van der Waals surface area contributed by atoms with Crippen LogP contribution >= 0.6 is 0 Å². The molecule has 0 spiro atoms. The second-order valence-electron chi connectivity index (χ2n) is 28.5. The number of rotatable bonds is 78. The van der Waals surface area contributed by atoms with Gasteiger partial charge in [-0.2, -0.15) is 0 Å². The maximum absolute atomic E-state index is 12.5. The lowest BCUT2D eigenvalue weighted by Gasteiger charge is -2.20. The van der Waals surface area contributed by atoms with E-state index in [0.29, 0.717) is 19.4 Å². The average molecular weight is 1240 g/mol. The number of hydrogen-bond donors (Lipinski definition) is 3. The van der Waals surface area contributed by atoms with E-state index >= 15 is 0 Å². The first-order valence-corrected chi connectivity index (χ1v) is 41.0. The number of hydrogen-bond acceptors (Lipinski definition) is 5. The molecule has 0 saturated carbocycles. The highest BCUT2D eigenvalue weighted by Crippen LogP contribution is 2.21. The maximum Gasteiger partial charge on any atom is 0.305 e. The minimum Gasteiger partial charge on any atom is -0.466 e. The van der Waals surface area contributed by atoms with Gasteiger partial charge in [0.25, 0.3) is 0 Å². The van der Waals surface area contributed by atoms with Crippen molar-refractivity contribution >= 4 is 11.9 Å². The first-order chi connectivity index (χ1) is 43.5. The van der Waals surface area contributed by atoms with Crippen LogP contribution in [0.3, 0.4) is 0 Å². The van der Waals surface area contributed by atoms with Gasteiger partial charge >= 0.3 is 5.97 Å². The summed E-state index contributed by atoms with van der Waals surface area (Å²) in [6.07, 6.45) is 99.2. The summed E-state index contributed by atoms with van der Waals surface area (Å²) in [4.78, 5) is 24.7. The molecule has 88 heavy (non-hydrogen) atoms. The smallest absolute Gasteiger partial charge is 0.305 e. The average Bonchev–Trinajstić information content (AvgIpc) is 3.58. The second-order valence-corrected chi connectivity index (χ2v) is 28.5. The number of aliphatic hydroxyl groups excluding tert-OH is 2. The van der Waals surface area contributed by atoms with Gasteiger partial charge in [0.05, 0.1) is 25.4 Å². The van der Waals surface area contributed by atoms with Gasteiger partial charge < -0.3 is 20.3 Å². The fourth-order valence-electron chi connectivity index (χ4n) is 13.3. The quantitative estimate of drug-likeness (QED) is 0.0320. The molecule has 0 fully saturated rings. The molecule has 3 N–H and O–H groups in total. The highest BCUT2D eigenvalue weighted by molar-refractivity contribution is 5.76. The van der Waals surface area contributed by atoms with Crippen molar-refractivity contribution in [3.8, 4) is 0 Å². The maximum atomic E-state index is 12.5. The molecule has 524 valence electrons. The van der Waals surface area contributed by atoms with E-state index in [2.05, 4.69) is 19.2 Å². The minimum atomic E-state index is -0.841. The first kappa shape index (κ1) is 86.6. The zero-order chi connectivity index (χ0) is 63.5. The van der Waals surface area contributed by atoms with Crippen LogP contribution in [0.4, 0.5) is 0 Å². The molecule has 0 heterocycles. The molecule has 2 atom stereocenters. The third-order valence-electron chi connectivity index (χ3n) is 19.6. The monoisotopic (exact) mass is 1240 g/mol. The van der Waals surface area contributed by atoms with Crippen LogP contribution in [0.2, 0.25) is 0 Å². The lowest BCUT2D eigenvalue weighted by molar-refractivity contribution is -0.143. The van der Waals surface area contributed by atoms with Crippen molar-refractivity contribution in [3.05, 3.63) is 12.2 Å². The first-order valence-electron chi connectivity index (χ1n) is 41.0. The van der Waals surface area contributed by atoms with E-state index < -0.39 is 12.1 Å². The van der Waals surface area contributed by atoms with E-state index in [4.69, 9.17) is 4.74 Å². The van der Waals surface area contributed by atoms with Crippen LogP contribution in [0.5, 0.6) is 0 Å². The summed E-state index contributed by atoms with van der Waals surface area (Å²) in [7, 11) is 0. The van der Waals surface area contributed by atoms with Crippen LogP contribution in [0.25, 0.3) is 0 Å². The standard InChI is InChI=1S/C82H161NO5/c1-3-5-7-9-11-13-15-17-19-21-23-39-42-46-50-54-58-62-66-70-74-80(85)79(78-84)83-81(86)75-71-67-63-59-55-51-47-43-40-37-35-33-31-29-27-25-24-26-28-30-32-34-36-38-41-45-49-53-57-61-65-69-73-77-88-82(87)76-72-68-64-60-56-52-48-44-22-20-18-16-14-12-10-8-6-4-2/h70,74,79-80,84-85H,3-69,71-73,75-78H2,1-2H3,(H,83,86)/b74-70+. The molecule has 0 aliphatic rings. The molecule has 0 aromatic carbocycles. The Morgan fingerprint density at radius 1 is 0.307 bits per heavy atom. The van der Waals surface area contributed by atoms with Crippen molar-refractivity contribution in [1.29, 1.82) is 0 Å². The van der Waals surface area contributed by atoms with Crippen LogP contribution in [0.1, 0.15) is 476 Å². The Balaban J connectivity index is 3.32. The van der Waals surface area contributed by atoms with Crippen LogP contribution in [0, 0.1) is 0 Å². The largest absolute Gasteiger partial charge is 0.466 e. The lowest BCUT2D eigenvalue weighted by Crippen LogP contribution is -2.45. The molecule has 0 aromatic heterocycles. The SMILES string of the molecule is CCCCCCCCCCCCCCCCCCCC/C=C/C(O)C(CO)NC(=O)CCCCCCCCCCCCCCCCCCCCCCCCCCCCCCCCCCCOC(=O)CCCCCCCCCCCCCCCCCCCC. The number of ether oxygens (including phenoxy) is 1. The summed E-state index contributed by atoms with van der Waals surface area (Å²) >= 11 is 0. The molecular weight excluding hydrogens is 1080 g/mol. The molecule has 0 saturated heterocycles. The molecule has 6 nitrogen and oxygen atoms in total. The lowest BCUT2D eigenvalue weighted by atomic mass is 10.0. The van der Waals surface area contributed by atoms with E-state index in [1.807, 2.05) is 6.08 Å². The van der Waals surface area contributed by atoms with Gasteiger partial charge in [0.1, 0.15) is 0 Å². The van der Waals surface area contributed by atoms with Gasteiger partial charge in [0.15, 0.2) is 0 Å². The topological polar surface area (TPSA) is 95.9 Å². The Hall–Kier alpha value is -1.40. The van der Waals surface area contributed by atoms with E-state index in [1.54, 1.807) is 6.08 Å². The number of allylic oxidation sites excluding steroid dienone is 1. The molecule has 0 bridgehead atoms. The van der Waals surface area contributed by atoms with E-state index in [0.717, 1.165) is 38.5 Å². The predicted molar refractivity (Wildman–Crippen MR) is 389 cm³/mol. The van der Waals surface area contributed by atoms with Crippen molar-refractivity contribution in [2.45, 2.75) is 488 Å². The van der Waals surface area contributed by atoms with Gasteiger partial charge in [-0.05, 0) is 32.1 Å². The Kier molecular flexibility index (Phi) is 76.8. The van der Waals surface area contributed by atoms with Crippen LogP contribution in [-0.4, -0.2) is 47.4 Å². The van der Waals surface area contributed by atoms with E-state index in [9.17, 15) is 19.8 Å². The molecular formula is C82H161NO5. The second kappa shape index (κ2) is 78.0. The number of amides is 1. The fourth-order valence-corrected chi connectivity index (χ4v) is 13.3. The number of esters is 1. The summed E-state index contributed by atoms with van der Waals surface area (Å²) in [5, 5.41) is 23.3. The number of nitrogens with one attached hydrogen (secondary N) is 1. The molecule has 2 unspecified atom stereocenters. The van der Waals surface area contributed by atoms with Crippen molar-refractivity contribution in [2.24, 2.45) is 0 Å². The molecule has 0 radical (unpaired) electrons. The molecule has 0 aliphatic heterocycles. The van der Waals surface area contributed by atoms with Crippen molar-refractivity contribution in [1.82, 2.24) is 5.32 Å². The highest BCUT2D eigenvalue weighted by Gasteiger charge is 2.18. The summed E-state index contributed by atoms with van der Waals surface area (Å²) in [5.41, 5.74) is 0. The van der Waals surface area contributed by atoms with Gasteiger partial charge in [-0.1, -0.05) is 443 Å². The number of aliphatic hydroxyl groups is 2. The summed E-state index contributed by atoms with van der Waals surface area (Å²) < 4.78 is 5.52. The zero-order valence-electron chi connectivity index (χ0n) is 60.3. The van der Waals surface area contributed by atoms with Crippen molar-refractivity contribution in [2.75, 3.05) is 13.2 Å². The molecule has 0 aromatic rings. The summed E-state index contributed by atoms with van der Waals surface area (Å²) in [6, 6.07) is -0.624. The van der Waals surface area contributed by atoms with Crippen molar-refractivity contribution < 1.29 is 24.5 Å². The van der Waals surface area contributed by atoms with Gasteiger partial charge in [-0.25, -0.2) is 0 Å². The summed E-state index contributed by atoms with van der Waals surface area (Å²) in [5.74, 6) is -0.0308. The highest BCUT2D eigenvalue weighted by atomic mass is 16.5. The Bertz CT molecular complexity index is 1340. The molecule has 0 aliphatic carbocycles. The van der Waals surface area contributed by atoms with Crippen LogP contribution in [-0.2, 0) is 14.3 Å². The number of carbonyl (C=O) groups excluding carboxylic acids is 2. The minimum absolute atomic E-state index is 0.0272. The van der Waals surface area contributed by atoms with Gasteiger partial charge in [-0.15, -0.1) is 0 Å². The molecule has 1 amide bonds. The van der Waals surface area contributed by atoms with E-state index in [-0.39, 0.29) is 18.5 Å². The van der Waals surface area contributed by atoms with Crippen LogP contribution < -0.4 is 5.32 Å². The van der Waals surface area contributed by atoms with Crippen LogP contribution in [0.15, 0.2) is 12.2 Å². The third kappa shape index (κ3) is 73.6. The molecule has 0 rings (SSSR count). The fraction of sp³-hybridized carbons (Fsp3) is 0.951.